The van der Waals surface area contributed by atoms with Gasteiger partial charge in [0.25, 0.3) is 0 Å². The van der Waals surface area contributed by atoms with Crippen LogP contribution in [0.5, 0.6) is 0 Å². The number of amides is 1. The first kappa shape index (κ1) is 17.0. The molecule has 0 saturated heterocycles. The molecule has 0 aromatic heterocycles. The molecule has 0 atom stereocenters. The van der Waals surface area contributed by atoms with E-state index < -0.39 is 10.0 Å². The van der Waals surface area contributed by atoms with Crippen molar-refractivity contribution >= 4 is 15.9 Å². The first-order valence-electron chi connectivity index (χ1n) is 7.76. The Morgan fingerprint density at radius 2 is 1.86 bits per heavy atom. The molecular formula is C16H24N2O3S. The van der Waals surface area contributed by atoms with Crippen LogP contribution in [0.15, 0.2) is 23.1 Å². The van der Waals surface area contributed by atoms with Gasteiger partial charge in [-0.15, -0.1) is 0 Å². The van der Waals surface area contributed by atoms with E-state index in [-0.39, 0.29) is 17.3 Å². The molecule has 1 aliphatic rings. The second kappa shape index (κ2) is 7.24. The lowest BCUT2D eigenvalue weighted by Gasteiger charge is -2.16. The van der Waals surface area contributed by atoms with Gasteiger partial charge in [0.2, 0.25) is 15.9 Å². The van der Waals surface area contributed by atoms with Gasteiger partial charge in [0.05, 0.1) is 11.4 Å². The van der Waals surface area contributed by atoms with E-state index in [1.54, 1.807) is 12.1 Å². The standard InChI is InChI=1S/C16H24N2O3S/c1-12(2)10-17-16(19)11-18-22(20,21)15-8-7-13-5-3-4-6-14(13)9-15/h7-9,12,18H,3-6,10-11H2,1-2H3,(H,17,19). The number of carbonyl (C=O) groups is 1. The van der Waals surface area contributed by atoms with Crippen LogP contribution in [-0.2, 0) is 27.7 Å². The van der Waals surface area contributed by atoms with E-state index in [0.29, 0.717) is 12.5 Å². The number of carbonyl (C=O) groups excluding carboxylic acids is 1. The van der Waals surface area contributed by atoms with E-state index in [9.17, 15) is 13.2 Å². The van der Waals surface area contributed by atoms with Gasteiger partial charge in [0.1, 0.15) is 0 Å². The summed E-state index contributed by atoms with van der Waals surface area (Å²) in [4.78, 5) is 11.9. The van der Waals surface area contributed by atoms with Gasteiger partial charge in [-0.3, -0.25) is 4.79 Å². The molecule has 1 aromatic rings. The van der Waals surface area contributed by atoms with Crippen molar-refractivity contribution in [2.24, 2.45) is 5.92 Å². The summed E-state index contributed by atoms with van der Waals surface area (Å²) < 4.78 is 26.9. The SMILES string of the molecule is CC(C)CNC(=O)CNS(=O)(=O)c1ccc2c(c1)CCCC2. The van der Waals surface area contributed by atoms with E-state index in [1.807, 2.05) is 19.9 Å². The number of rotatable bonds is 6. The Morgan fingerprint density at radius 3 is 2.55 bits per heavy atom. The van der Waals surface area contributed by atoms with Gasteiger partial charge in [-0.05, 0) is 54.9 Å². The summed E-state index contributed by atoms with van der Waals surface area (Å²) >= 11 is 0. The first-order chi connectivity index (χ1) is 10.4. The van der Waals surface area contributed by atoms with Gasteiger partial charge in [0, 0.05) is 6.54 Å². The average Bonchev–Trinajstić information content (AvgIpc) is 2.50. The summed E-state index contributed by atoms with van der Waals surface area (Å²) in [5, 5.41) is 2.69. The second-order valence-electron chi connectivity index (χ2n) is 6.16. The van der Waals surface area contributed by atoms with Gasteiger partial charge in [-0.2, -0.15) is 0 Å². The third kappa shape index (κ3) is 4.55. The molecular weight excluding hydrogens is 300 g/mol. The second-order valence-corrected chi connectivity index (χ2v) is 7.93. The van der Waals surface area contributed by atoms with Gasteiger partial charge in [-0.25, -0.2) is 13.1 Å². The smallest absolute Gasteiger partial charge is 0.241 e. The van der Waals surface area contributed by atoms with Crippen LogP contribution in [0.2, 0.25) is 0 Å². The van der Waals surface area contributed by atoms with Crippen LogP contribution in [0.4, 0.5) is 0 Å². The number of hydrogen-bond donors (Lipinski definition) is 2. The predicted molar refractivity (Wildman–Crippen MR) is 86.1 cm³/mol. The fraction of sp³-hybridized carbons (Fsp3) is 0.562. The van der Waals surface area contributed by atoms with Crippen molar-refractivity contribution in [1.82, 2.24) is 10.0 Å². The number of sulfonamides is 1. The van der Waals surface area contributed by atoms with Crippen LogP contribution >= 0.6 is 0 Å². The number of hydrogen-bond acceptors (Lipinski definition) is 3. The van der Waals surface area contributed by atoms with Crippen LogP contribution in [0.3, 0.4) is 0 Å². The Morgan fingerprint density at radius 1 is 1.18 bits per heavy atom. The van der Waals surface area contributed by atoms with E-state index in [1.165, 1.54) is 5.56 Å². The topological polar surface area (TPSA) is 75.3 Å². The lowest BCUT2D eigenvalue weighted by Crippen LogP contribution is -2.38. The third-order valence-corrected chi connectivity index (χ3v) is 5.16. The molecule has 6 heteroatoms. The molecule has 1 aromatic carbocycles. The summed E-state index contributed by atoms with van der Waals surface area (Å²) in [6.07, 6.45) is 4.20. The van der Waals surface area contributed by atoms with E-state index in [0.717, 1.165) is 31.2 Å². The molecule has 0 radical (unpaired) electrons. The molecule has 0 bridgehead atoms. The lowest BCUT2D eigenvalue weighted by molar-refractivity contribution is -0.120. The van der Waals surface area contributed by atoms with E-state index >= 15 is 0 Å². The zero-order valence-electron chi connectivity index (χ0n) is 13.2. The van der Waals surface area contributed by atoms with Crippen molar-refractivity contribution < 1.29 is 13.2 Å². The zero-order chi connectivity index (χ0) is 16.2. The van der Waals surface area contributed by atoms with E-state index in [4.69, 9.17) is 0 Å². The number of aryl methyl sites for hydroxylation is 2. The highest BCUT2D eigenvalue weighted by molar-refractivity contribution is 7.89. The van der Waals surface area contributed by atoms with Crippen LogP contribution in [0.1, 0.15) is 37.8 Å². The number of nitrogens with one attached hydrogen (secondary N) is 2. The van der Waals surface area contributed by atoms with Crippen molar-refractivity contribution in [3.63, 3.8) is 0 Å². The van der Waals surface area contributed by atoms with E-state index in [2.05, 4.69) is 10.0 Å². The normalized spacial score (nSPS) is 14.7. The zero-order valence-corrected chi connectivity index (χ0v) is 14.0. The fourth-order valence-electron chi connectivity index (χ4n) is 2.50. The van der Waals surface area contributed by atoms with Crippen LogP contribution in [0, 0.1) is 5.92 Å². The number of benzene rings is 1. The summed E-state index contributed by atoms with van der Waals surface area (Å²) in [7, 11) is -3.64. The molecule has 0 heterocycles. The molecule has 1 aliphatic carbocycles. The Labute approximate surface area is 132 Å². The minimum atomic E-state index is -3.64. The largest absolute Gasteiger partial charge is 0.355 e. The summed E-state index contributed by atoms with van der Waals surface area (Å²) in [6, 6.07) is 5.25. The van der Waals surface area contributed by atoms with Gasteiger partial charge < -0.3 is 5.32 Å². The van der Waals surface area contributed by atoms with Crippen molar-refractivity contribution in [1.29, 1.82) is 0 Å². The minimum absolute atomic E-state index is 0.230. The molecule has 0 spiro atoms. The molecule has 5 nitrogen and oxygen atoms in total. The Kier molecular flexibility index (Phi) is 5.58. The summed E-state index contributed by atoms with van der Waals surface area (Å²) in [5.74, 6) is 0.0245. The molecule has 2 rings (SSSR count). The van der Waals surface area contributed by atoms with Crippen molar-refractivity contribution in [3.05, 3.63) is 29.3 Å². The average molecular weight is 324 g/mol. The molecule has 0 unspecified atom stereocenters. The van der Waals surface area contributed by atoms with Crippen LogP contribution < -0.4 is 10.0 Å². The highest BCUT2D eigenvalue weighted by Gasteiger charge is 2.18. The van der Waals surface area contributed by atoms with Gasteiger partial charge in [-0.1, -0.05) is 19.9 Å². The first-order valence-corrected chi connectivity index (χ1v) is 9.25. The monoisotopic (exact) mass is 324 g/mol. The number of fused-ring (bicyclic) bond motifs is 1. The highest BCUT2D eigenvalue weighted by atomic mass is 32.2. The van der Waals surface area contributed by atoms with Crippen molar-refractivity contribution in [3.8, 4) is 0 Å². The predicted octanol–water partition coefficient (Wildman–Crippen LogP) is 1.62. The molecule has 2 N–H and O–H groups in total. The Balaban J connectivity index is 1.99. The summed E-state index contributed by atoms with van der Waals surface area (Å²) in [5.41, 5.74) is 2.35. The highest BCUT2D eigenvalue weighted by Crippen LogP contribution is 2.23. The molecule has 0 fully saturated rings. The molecule has 22 heavy (non-hydrogen) atoms. The lowest BCUT2D eigenvalue weighted by atomic mass is 9.92. The maximum absolute atomic E-state index is 12.3. The van der Waals surface area contributed by atoms with Gasteiger partial charge >= 0.3 is 0 Å². The minimum Gasteiger partial charge on any atom is -0.355 e. The van der Waals surface area contributed by atoms with Crippen LogP contribution in [0.25, 0.3) is 0 Å². The molecule has 0 aliphatic heterocycles. The van der Waals surface area contributed by atoms with Gasteiger partial charge in [0.15, 0.2) is 0 Å². The molecule has 1 amide bonds. The fourth-order valence-corrected chi connectivity index (χ4v) is 3.53. The Bertz CT molecular complexity index is 639. The maximum Gasteiger partial charge on any atom is 0.241 e. The van der Waals surface area contributed by atoms with Crippen molar-refractivity contribution in [2.75, 3.05) is 13.1 Å². The Hall–Kier alpha value is -1.40. The molecule has 122 valence electrons. The third-order valence-electron chi connectivity index (χ3n) is 3.76. The maximum atomic E-state index is 12.3. The summed E-state index contributed by atoms with van der Waals surface area (Å²) in [6.45, 7) is 4.28. The molecule has 0 saturated carbocycles. The van der Waals surface area contributed by atoms with Crippen molar-refractivity contribution in [2.45, 2.75) is 44.4 Å². The van der Waals surface area contributed by atoms with Crippen LogP contribution in [-0.4, -0.2) is 27.4 Å². The quantitative estimate of drug-likeness (QED) is 0.835.